The summed E-state index contributed by atoms with van der Waals surface area (Å²) in [7, 11) is 0. The molecule has 0 N–H and O–H groups in total. The highest BCUT2D eigenvalue weighted by atomic mass is 32.2. The molecule has 2 heterocycles. The number of thiophene rings is 1. The molecule has 0 saturated carbocycles. The lowest BCUT2D eigenvalue weighted by Crippen LogP contribution is -2.08. The molecule has 0 unspecified atom stereocenters. The largest absolute Gasteiger partial charge is 0.461 e. The third kappa shape index (κ3) is 3.16. The second kappa shape index (κ2) is 6.72. The quantitative estimate of drug-likeness (QED) is 0.767. The fraction of sp³-hybridized carbons (Fsp3) is 0.417. The molecule has 0 aliphatic heterocycles. The Hall–Kier alpha value is -1.34. The number of hydrogen-bond acceptors (Lipinski definition) is 6. The van der Waals surface area contributed by atoms with Crippen LogP contribution in [0.2, 0.25) is 0 Å². The molecular formula is C12H15N3O2S2. The molecule has 0 spiro atoms. The van der Waals surface area contributed by atoms with Gasteiger partial charge in [-0.15, -0.1) is 16.4 Å². The summed E-state index contributed by atoms with van der Waals surface area (Å²) in [5.41, 5.74) is 1.05. The Kier molecular flexibility index (Phi) is 4.98. The van der Waals surface area contributed by atoms with Crippen molar-refractivity contribution >= 4 is 29.1 Å². The van der Waals surface area contributed by atoms with Crippen LogP contribution in [0.3, 0.4) is 0 Å². The average molecular weight is 297 g/mol. The first-order chi connectivity index (χ1) is 9.27. The highest BCUT2D eigenvalue weighted by Gasteiger charge is 2.22. The Balaban J connectivity index is 2.38. The number of hydrogen-bond donors (Lipinski definition) is 0. The number of nitrogens with zero attached hydrogens (tertiary/aromatic N) is 3. The number of ether oxygens (including phenoxy) is 1. The SMILES string of the molecule is CCOC(=O)c1nnn(CCSC)c1-c1cccs1. The molecule has 2 aromatic rings. The molecule has 102 valence electrons. The van der Waals surface area contributed by atoms with Crippen molar-refractivity contribution in [3.63, 3.8) is 0 Å². The fourth-order valence-electron chi connectivity index (χ4n) is 1.64. The Morgan fingerprint density at radius 1 is 1.58 bits per heavy atom. The van der Waals surface area contributed by atoms with E-state index in [4.69, 9.17) is 4.74 Å². The highest BCUT2D eigenvalue weighted by Crippen LogP contribution is 2.27. The Morgan fingerprint density at radius 2 is 2.42 bits per heavy atom. The number of aromatic nitrogens is 3. The summed E-state index contributed by atoms with van der Waals surface area (Å²) in [6, 6.07) is 3.91. The predicted octanol–water partition coefficient (Wildman–Crippen LogP) is 2.55. The van der Waals surface area contributed by atoms with Gasteiger partial charge in [-0.2, -0.15) is 11.8 Å². The van der Waals surface area contributed by atoms with Crippen LogP contribution < -0.4 is 0 Å². The van der Waals surface area contributed by atoms with Crippen molar-refractivity contribution in [2.45, 2.75) is 13.5 Å². The van der Waals surface area contributed by atoms with Gasteiger partial charge in [0.15, 0.2) is 5.69 Å². The maximum Gasteiger partial charge on any atom is 0.361 e. The Bertz CT molecular complexity index is 537. The summed E-state index contributed by atoms with van der Waals surface area (Å²) in [5.74, 6) is 0.505. The van der Waals surface area contributed by atoms with Gasteiger partial charge < -0.3 is 4.74 Å². The third-order valence-electron chi connectivity index (χ3n) is 2.47. The van der Waals surface area contributed by atoms with Crippen LogP contribution in [-0.2, 0) is 11.3 Å². The smallest absolute Gasteiger partial charge is 0.361 e. The zero-order valence-corrected chi connectivity index (χ0v) is 12.5. The van der Waals surface area contributed by atoms with Gasteiger partial charge in [0.2, 0.25) is 0 Å². The molecule has 7 heteroatoms. The minimum Gasteiger partial charge on any atom is -0.461 e. The van der Waals surface area contributed by atoms with Gasteiger partial charge in [-0.05, 0) is 24.6 Å². The van der Waals surface area contributed by atoms with Crippen molar-refractivity contribution in [2.75, 3.05) is 18.6 Å². The van der Waals surface area contributed by atoms with Crippen molar-refractivity contribution in [3.8, 4) is 10.6 Å². The van der Waals surface area contributed by atoms with Crippen LogP contribution in [0.25, 0.3) is 10.6 Å². The van der Waals surface area contributed by atoms with Gasteiger partial charge >= 0.3 is 5.97 Å². The Labute approximate surface area is 120 Å². The van der Waals surface area contributed by atoms with Gasteiger partial charge in [-0.25, -0.2) is 9.48 Å². The molecule has 0 amide bonds. The van der Waals surface area contributed by atoms with E-state index in [-0.39, 0.29) is 0 Å². The molecule has 2 rings (SSSR count). The molecule has 2 aromatic heterocycles. The lowest BCUT2D eigenvalue weighted by atomic mass is 10.2. The number of aryl methyl sites for hydroxylation is 1. The first-order valence-corrected chi connectivity index (χ1v) is 8.18. The van der Waals surface area contributed by atoms with Gasteiger partial charge in [0.1, 0.15) is 5.69 Å². The summed E-state index contributed by atoms with van der Waals surface area (Å²) in [5, 5.41) is 10.0. The van der Waals surface area contributed by atoms with E-state index in [1.54, 1.807) is 34.7 Å². The van der Waals surface area contributed by atoms with Crippen molar-refractivity contribution < 1.29 is 9.53 Å². The van der Waals surface area contributed by atoms with E-state index in [1.165, 1.54) is 0 Å². The fourth-order valence-corrected chi connectivity index (χ4v) is 2.77. The van der Waals surface area contributed by atoms with Gasteiger partial charge in [-0.3, -0.25) is 0 Å². The summed E-state index contributed by atoms with van der Waals surface area (Å²) in [6.45, 7) is 2.84. The highest BCUT2D eigenvalue weighted by molar-refractivity contribution is 7.98. The maximum atomic E-state index is 11.9. The minimum atomic E-state index is -0.415. The molecule has 5 nitrogen and oxygen atoms in total. The van der Waals surface area contributed by atoms with E-state index in [2.05, 4.69) is 10.3 Å². The van der Waals surface area contributed by atoms with Gasteiger partial charge in [-0.1, -0.05) is 11.3 Å². The van der Waals surface area contributed by atoms with E-state index < -0.39 is 5.97 Å². The molecule has 0 aromatic carbocycles. The van der Waals surface area contributed by atoms with Crippen molar-refractivity contribution in [1.82, 2.24) is 15.0 Å². The standard InChI is InChI=1S/C12H15N3O2S2/c1-3-17-12(16)10-11(9-5-4-7-19-9)15(14-13-10)6-8-18-2/h4-5,7H,3,6,8H2,1-2H3. The molecule has 19 heavy (non-hydrogen) atoms. The molecular weight excluding hydrogens is 282 g/mol. The first kappa shape index (κ1) is 14.1. The van der Waals surface area contributed by atoms with E-state index in [0.717, 1.165) is 22.9 Å². The number of carbonyl (C=O) groups excluding carboxylic acids is 1. The zero-order valence-electron chi connectivity index (χ0n) is 10.8. The van der Waals surface area contributed by atoms with Crippen molar-refractivity contribution in [2.24, 2.45) is 0 Å². The third-order valence-corrected chi connectivity index (χ3v) is 3.93. The lowest BCUT2D eigenvalue weighted by Gasteiger charge is -2.05. The molecule has 0 bridgehead atoms. The van der Waals surface area contributed by atoms with Crippen LogP contribution in [-0.4, -0.2) is 39.6 Å². The van der Waals surface area contributed by atoms with Crippen molar-refractivity contribution in [1.29, 1.82) is 0 Å². The molecule has 0 atom stereocenters. The number of thioether (sulfide) groups is 1. The monoisotopic (exact) mass is 297 g/mol. The maximum absolute atomic E-state index is 11.9. The molecule has 0 saturated heterocycles. The molecule has 0 fully saturated rings. The summed E-state index contributed by atoms with van der Waals surface area (Å²) >= 11 is 3.29. The van der Waals surface area contributed by atoms with E-state index in [9.17, 15) is 4.79 Å². The van der Waals surface area contributed by atoms with E-state index in [0.29, 0.717) is 12.3 Å². The van der Waals surface area contributed by atoms with E-state index >= 15 is 0 Å². The zero-order chi connectivity index (χ0) is 13.7. The minimum absolute atomic E-state index is 0.297. The number of esters is 1. The van der Waals surface area contributed by atoms with E-state index in [1.807, 2.05) is 23.8 Å². The second-order valence-corrected chi connectivity index (χ2v) is 5.63. The van der Waals surface area contributed by atoms with Gasteiger partial charge in [0, 0.05) is 5.75 Å². The van der Waals surface area contributed by atoms with Crippen LogP contribution in [0.4, 0.5) is 0 Å². The topological polar surface area (TPSA) is 57.0 Å². The lowest BCUT2D eigenvalue weighted by molar-refractivity contribution is 0.0520. The summed E-state index contributed by atoms with van der Waals surface area (Å²) in [6.07, 6.45) is 2.04. The molecule has 0 radical (unpaired) electrons. The average Bonchev–Trinajstić information content (AvgIpc) is 3.05. The van der Waals surface area contributed by atoms with Crippen LogP contribution in [0, 0.1) is 0 Å². The first-order valence-electron chi connectivity index (χ1n) is 5.91. The van der Waals surface area contributed by atoms with Crippen LogP contribution >= 0.6 is 23.1 Å². The van der Waals surface area contributed by atoms with Crippen LogP contribution in [0.5, 0.6) is 0 Å². The van der Waals surface area contributed by atoms with Crippen LogP contribution in [0.1, 0.15) is 17.4 Å². The summed E-state index contributed by atoms with van der Waals surface area (Å²) in [4.78, 5) is 12.9. The second-order valence-electron chi connectivity index (χ2n) is 3.70. The van der Waals surface area contributed by atoms with Gasteiger partial charge in [0.05, 0.1) is 18.0 Å². The normalized spacial score (nSPS) is 10.6. The number of rotatable bonds is 6. The van der Waals surface area contributed by atoms with Gasteiger partial charge in [0.25, 0.3) is 0 Å². The molecule has 0 aliphatic carbocycles. The van der Waals surface area contributed by atoms with Crippen LogP contribution in [0.15, 0.2) is 17.5 Å². The summed E-state index contributed by atoms with van der Waals surface area (Å²) < 4.78 is 6.80. The number of carbonyl (C=O) groups is 1. The Morgan fingerprint density at radius 3 is 3.05 bits per heavy atom. The molecule has 0 aliphatic rings. The predicted molar refractivity (Wildman–Crippen MR) is 77.7 cm³/mol. The van der Waals surface area contributed by atoms with Crippen molar-refractivity contribution in [3.05, 3.63) is 23.2 Å².